The number of halogens is 3. The van der Waals surface area contributed by atoms with Gasteiger partial charge in [-0.25, -0.2) is 13.2 Å². The van der Waals surface area contributed by atoms with E-state index in [9.17, 15) is 18.3 Å². The first kappa shape index (κ1) is 12.4. The third-order valence-corrected chi connectivity index (χ3v) is 3.25. The Kier molecular flexibility index (Phi) is 3.38. The summed E-state index contributed by atoms with van der Waals surface area (Å²) in [6.07, 6.45) is 1.50. The monoisotopic (exact) mass is 245 g/mol. The van der Waals surface area contributed by atoms with Crippen molar-refractivity contribution < 1.29 is 18.3 Å². The van der Waals surface area contributed by atoms with Crippen LogP contribution in [0.15, 0.2) is 18.5 Å². The van der Waals surface area contributed by atoms with Gasteiger partial charge >= 0.3 is 0 Å². The van der Waals surface area contributed by atoms with Crippen molar-refractivity contribution in [3.05, 3.63) is 29.8 Å². The third-order valence-electron chi connectivity index (χ3n) is 3.25. The maximum atomic E-state index is 13.4. The molecular formula is C12H14F3NO. The van der Waals surface area contributed by atoms with Crippen LogP contribution < -0.4 is 0 Å². The highest BCUT2D eigenvalue weighted by molar-refractivity contribution is 5.16. The van der Waals surface area contributed by atoms with Gasteiger partial charge in [0.15, 0.2) is 0 Å². The smallest absolute Gasteiger partial charge is 0.248 e. The normalized spacial score (nSPS) is 25.5. The predicted octanol–water partition coefficient (Wildman–Crippen LogP) is 3.08. The second-order valence-electron chi connectivity index (χ2n) is 4.55. The van der Waals surface area contributed by atoms with Gasteiger partial charge in [0, 0.05) is 24.6 Å². The van der Waals surface area contributed by atoms with Gasteiger partial charge in [-0.05, 0) is 24.8 Å². The number of pyridine rings is 1. The highest BCUT2D eigenvalue weighted by atomic mass is 19.3. The molecule has 94 valence electrons. The largest absolute Gasteiger partial charge is 0.388 e. The van der Waals surface area contributed by atoms with E-state index < -0.39 is 23.8 Å². The van der Waals surface area contributed by atoms with Crippen LogP contribution in [0.1, 0.15) is 37.4 Å². The zero-order valence-electron chi connectivity index (χ0n) is 9.24. The fourth-order valence-corrected chi connectivity index (χ4v) is 2.36. The van der Waals surface area contributed by atoms with Crippen molar-refractivity contribution in [1.82, 2.24) is 4.98 Å². The second-order valence-corrected chi connectivity index (χ2v) is 4.55. The van der Waals surface area contributed by atoms with Crippen LogP contribution in [0.5, 0.6) is 0 Å². The van der Waals surface area contributed by atoms with Crippen molar-refractivity contribution in [1.29, 1.82) is 0 Å². The lowest BCUT2D eigenvalue weighted by Gasteiger charge is -2.32. The molecule has 0 bridgehead atoms. The van der Waals surface area contributed by atoms with E-state index in [0.29, 0.717) is 12.8 Å². The van der Waals surface area contributed by atoms with Crippen LogP contribution in [0, 0.1) is 11.7 Å². The number of aliphatic hydroxyl groups is 1. The van der Waals surface area contributed by atoms with Crippen LogP contribution in [0.25, 0.3) is 0 Å². The molecule has 0 saturated heterocycles. The third kappa shape index (κ3) is 2.77. The molecule has 2 nitrogen and oxygen atoms in total. The Morgan fingerprint density at radius 3 is 2.88 bits per heavy atom. The predicted molar refractivity (Wildman–Crippen MR) is 56.1 cm³/mol. The van der Waals surface area contributed by atoms with Crippen LogP contribution in [0.3, 0.4) is 0 Å². The molecule has 0 radical (unpaired) electrons. The number of aromatic nitrogens is 1. The molecule has 1 fully saturated rings. The summed E-state index contributed by atoms with van der Waals surface area (Å²) in [6, 6.07) is 1.34. The Labute approximate surface area is 97.5 Å². The zero-order valence-corrected chi connectivity index (χ0v) is 9.24. The van der Waals surface area contributed by atoms with E-state index in [1.165, 1.54) is 12.3 Å². The average Bonchev–Trinajstić information content (AvgIpc) is 2.27. The molecule has 0 spiro atoms. The molecule has 17 heavy (non-hydrogen) atoms. The number of hydrogen-bond acceptors (Lipinski definition) is 2. The van der Waals surface area contributed by atoms with Crippen LogP contribution in [0.2, 0.25) is 0 Å². The van der Waals surface area contributed by atoms with Gasteiger partial charge in [0.2, 0.25) is 5.92 Å². The maximum Gasteiger partial charge on any atom is 0.248 e. The lowest BCUT2D eigenvalue weighted by Crippen LogP contribution is -2.29. The molecule has 1 aliphatic rings. The quantitative estimate of drug-likeness (QED) is 0.868. The van der Waals surface area contributed by atoms with Gasteiger partial charge in [0.1, 0.15) is 5.82 Å². The Morgan fingerprint density at radius 1 is 1.47 bits per heavy atom. The number of rotatable bonds is 2. The van der Waals surface area contributed by atoms with Gasteiger partial charge in [-0.3, -0.25) is 4.98 Å². The average molecular weight is 245 g/mol. The summed E-state index contributed by atoms with van der Waals surface area (Å²) in [6.45, 7) is 0. The van der Waals surface area contributed by atoms with E-state index in [4.69, 9.17) is 0 Å². The highest BCUT2D eigenvalue weighted by Crippen LogP contribution is 2.42. The molecule has 1 aliphatic carbocycles. The molecule has 2 rings (SSSR count). The SMILES string of the molecule is OC(c1ccncc1F)C1CCCC(F)(F)C1. The van der Waals surface area contributed by atoms with Crippen molar-refractivity contribution in [2.24, 2.45) is 5.92 Å². The van der Waals surface area contributed by atoms with Crippen molar-refractivity contribution in [3.8, 4) is 0 Å². The summed E-state index contributed by atoms with van der Waals surface area (Å²) in [5.74, 6) is -3.97. The van der Waals surface area contributed by atoms with E-state index in [2.05, 4.69) is 4.98 Å². The van der Waals surface area contributed by atoms with Gasteiger partial charge in [-0.2, -0.15) is 0 Å². The molecule has 2 atom stereocenters. The number of nitrogens with zero attached hydrogens (tertiary/aromatic N) is 1. The van der Waals surface area contributed by atoms with E-state index in [0.717, 1.165) is 6.20 Å². The number of hydrogen-bond donors (Lipinski definition) is 1. The van der Waals surface area contributed by atoms with Crippen LogP contribution in [-0.4, -0.2) is 16.0 Å². The van der Waals surface area contributed by atoms with Gasteiger partial charge in [0.05, 0.1) is 12.3 Å². The summed E-state index contributed by atoms with van der Waals surface area (Å²) in [5.41, 5.74) is 0.0581. The van der Waals surface area contributed by atoms with Crippen LogP contribution in [0.4, 0.5) is 13.2 Å². The Bertz CT molecular complexity index is 397. The molecule has 0 aromatic carbocycles. The molecule has 1 N–H and O–H groups in total. The lowest BCUT2D eigenvalue weighted by molar-refractivity contribution is -0.0766. The fourth-order valence-electron chi connectivity index (χ4n) is 2.36. The Balaban J connectivity index is 2.15. The molecule has 1 heterocycles. The summed E-state index contributed by atoms with van der Waals surface area (Å²) >= 11 is 0. The molecular weight excluding hydrogens is 231 g/mol. The molecule has 5 heteroatoms. The highest BCUT2D eigenvalue weighted by Gasteiger charge is 2.39. The van der Waals surface area contributed by atoms with Crippen LogP contribution >= 0.6 is 0 Å². The van der Waals surface area contributed by atoms with Gasteiger partial charge < -0.3 is 5.11 Å². The van der Waals surface area contributed by atoms with Crippen molar-refractivity contribution in [3.63, 3.8) is 0 Å². The van der Waals surface area contributed by atoms with E-state index in [1.54, 1.807) is 0 Å². The summed E-state index contributed by atoms with van der Waals surface area (Å²) in [5, 5.41) is 9.96. The van der Waals surface area contributed by atoms with Crippen molar-refractivity contribution in [2.75, 3.05) is 0 Å². The fraction of sp³-hybridized carbons (Fsp3) is 0.583. The molecule has 0 aliphatic heterocycles. The molecule has 1 aromatic heterocycles. The second kappa shape index (κ2) is 4.64. The first-order valence-electron chi connectivity index (χ1n) is 5.65. The minimum atomic E-state index is -2.74. The summed E-state index contributed by atoms with van der Waals surface area (Å²) in [4.78, 5) is 3.57. The lowest BCUT2D eigenvalue weighted by atomic mass is 9.81. The molecule has 2 unspecified atom stereocenters. The Hall–Kier alpha value is -1.10. The van der Waals surface area contributed by atoms with E-state index in [-0.39, 0.29) is 18.4 Å². The minimum absolute atomic E-state index is 0.0581. The summed E-state index contributed by atoms with van der Waals surface area (Å²) < 4.78 is 39.8. The Morgan fingerprint density at radius 2 is 2.24 bits per heavy atom. The molecule has 0 amide bonds. The summed E-state index contributed by atoms with van der Waals surface area (Å²) in [7, 11) is 0. The first-order chi connectivity index (χ1) is 7.99. The molecule has 1 aromatic rings. The number of alkyl halides is 2. The minimum Gasteiger partial charge on any atom is -0.388 e. The van der Waals surface area contributed by atoms with Gasteiger partial charge in [-0.1, -0.05) is 0 Å². The van der Waals surface area contributed by atoms with Gasteiger partial charge in [0.25, 0.3) is 0 Å². The van der Waals surface area contributed by atoms with Crippen LogP contribution in [-0.2, 0) is 0 Å². The van der Waals surface area contributed by atoms with Gasteiger partial charge in [-0.15, -0.1) is 0 Å². The standard InChI is InChI=1S/C12H14F3NO/c13-10-7-16-5-3-9(10)11(17)8-2-1-4-12(14,15)6-8/h3,5,7-8,11,17H,1-2,4,6H2. The zero-order chi connectivity index (χ0) is 12.5. The van der Waals surface area contributed by atoms with E-state index >= 15 is 0 Å². The van der Waals surface area contributed by atoms with Crippen molar-refractivity contribution >= 4 is 0 Å². The maximum absolute atomic E-state index is 13.4. The first-order valence-corrected chi connectivity index (χ1v) is 5.65. The molecule has 1 saturated carbocycles. The topological polar surface area (TPSA) is 33.1 Å². The number of aliphatic hydroxyl groups excluding tert-OH is 1. The van der Waals surface area contributed by atoms with E-state index in [1.807, 2.05) is 0 Å². The van der Waals surface area contributed by atoms with Crippen molar-refractivity contribution in [2.45, 2.75) is 37.7 Å².